The molecule has 0 aliphatic carbocycles. The van der Waals surface area contributed by atoms with Gasteiger partial charge in [-0.25, -0.2) is 0 Å². The Kier molecular flexibility index (Phi) is 37.7. The van der Waals surface area contributed by atoms with Gasteiger partial charge in [0.05, 0.1) is 38.6 Å². The van der Waals surface area contributed by atoms with Crippen molar-refractivity contribution in [1.29, 1.82) is 0 Å². The highest BCUT2D eigenvalue weighted by Crippen LogP contribution is 2.33. The van der Waals surface area contributed by atoms with Crippen molar-refractivity contribution < 1.29 is 89.4 Å². The number of aliphatic hydroxyl groups is 11. The second kappa shape index (κ2) is 41.9. The van der Waals surface area contributed by atoms with Crippen LogP contribution in [-0.4, -0.2) is 193 Å². The summed E-state index contributed by atoms with van der Waals surface area (Å²) in [6.07, 6.45) is 20.4. The quantitative estimate of drug-likeness (QED) is 0.0285. The summed E-state index contributed by atoms with van der Waals surface area (Å²) in [6, 6.07) is -0.991. The van der Waals surface area contributed by atoms with Crippen molar-refractivity contribution in [2.75, 3.05) is 26.4 Å². The van der Waals surface area contributed by atoms with Crippen LogP contribution >= 0.6 is 0 Å². The molecule has 17 atom stereocenters. The van der Waals surface area contributed by atoms with Crippen molar-refractivity contribution in [3.05, 3.63) is 36.5 Å². The molecule has 1 amide bonds. The number of nitrogens with one attached hydrogen (secondary N) is 1. The lowest BCUT2D eigenvalue weighted by Crippen LogP contribution is -2.66. The first-order chi connectivity index (χ1) is 37.3. The van der Waals surface area contributed by atoms with Gasteiger partial charge in [-0.1, -0.05) is 185 Å². The van der Waals surface area contributed by atoms with Crippen LogP contribution in [-0.2, 0) is 33.2 Å². The third kappa shape index (κ3) is 26.2. The second-order valence-electron chi connectivity index (χ2n) is 21.4. The minimum atomic E-state index is -1.98. The standard InChI is InChI=1S/C58H105NO18/c1-3-5-6-7-8-9-10-11-12-13-14-15-16-17-18-19-20-21-22-23-24-25-26-27-28-29-30-31-32-33-34-35-36-42(63)41(59-46(64)4-2)40-72-56-52(70)49(67)54(44(38-61)74-56)77-58-53(71)50(68)55(45(39-62)75-58)76-57-51(69)48(66)47(65)43(37-60)73-57/h27-28,31-32,35-36,41-45,47-58,60-63,65-71H,3-26,29-30,33-34,37-40H2,1-2H3,(H,59,64)/b28-27+,32-31+,36-35+. The number of carbonyl (C=O) groups is 1. The van der Waals surface area contributed by atoms with Crippen molar-refractivity contribution in [3.8, 4) is 0 Å². The fraction of sp³-hybridized carbons (Fsp3) is 0.879. The van der Waals surface area contributed by atoms with E-state index < -0.39 is 124 Å². The first-order valence-corrected chi connectivity index (χ1v) is 29.7. The Morgan fingerprint density at radius 2 is 0.818 bits per heavy atom. The van der Waals surface area contributed by atoms with E-state index in [0.29, 0.717) is 6.42 Å². The highest BCUT2D eigenvalue weighted by Gasteiger charge is 2.53. The van der Waals surface area contributed by atoms with Gasteiger partial charge in [-0.05, 0) is 38.5 Å². The molecule has 0 spiro atoms. The molecule has 0 aromatic carbocycles. The SMILES string of the molecule is CCCCCCCCCCCCCCCCCCCCCCCC/C=C/CC/C=C/CC/C=C/C(O)C(COC1OC(CO)C(OC2OC(CO)C(OC3OC(CO)C(O)C(O)C3O)C(O)C2O)C(O)C1O)NC(=O)CC. The van der Waals surface area contributed by atoms with Crippen LogP contribution in [0.3, 0.4) is 0 Å². The molecule has 0 aromatic rings. The third-order valence-electron chi connectivity index (χ3n) is 15.0. The van der Waals surface area contributed by atoms with E-state index in [4.69, 9.17) is 28.4 Å². The van der Waals surface area contributed by atoms with Crippen molar-refractivity contribution >= 4 is 5.91 Å². The van der Waals surface area contributed by atoms with Crippen LogP contribution in [0, 0.1) is 0 Å². The molecule has 450 valence electrons. The first kappa shape index (κ1) is 69.3. The lowest BCUT2D eigenvalue weighted by molar-refractivity contribution is -0.379. The molecule has 3 saturated heterocycles. The number of carbonyl (C=O) groups excluding carboxylic acids is 1. The van der Waals surface area contributed by atoms with Gasteiger partial charge in [-0.3, -0.25) is 4.79 Å². The van der Waals surface area contributed by atoms with E-state index >= 15 is 0 Å². The maximum Gasteiger partial charge on any atom is 0.220 e. The monoisotopic (exact) mass is 1100 g/mol. The first-order valence-electron chi connectivity index (χ1n) is 29.7. The number of amides is 1. The molecule has 3 rings (SSSR count). The summed E-state index contributed by atoms with van der Waals surface area (Å²) in [5, 5.41) is 118. The third-order valence-corrected chi connectivity index (χ3v) is 15.0. The topological polar surface area (TPSA) is 307 Å². The summed E-state index contributed by atoms with van der Waals surface area (Å²) in [4.78, 5) is 12.4. The Balaban J connectivity index is 1.27. The highest BCUT2D eigenvalue weighted by atomic mass is 16.8. The molecule has 77 heavy (non-hydrogen) atoms. The molecular formula is C58H105NO18. The molecule has 3 aliphatic rings. The molecule has 19 nitrogen and oxygen atoms in total. The van der Waals surface area contributed by atoms with E-state index in [1.54, 1.807) is 19.1 Å². The summed E-state index contributed by atoms with van der Waals surface area (Å²) in [5.74, 6) is -0.379. The highest BCUT2D eigenvalue weighted by molar-refractivity contribution is 5.75. The number of unbranched alkanes of at least 4 members (excludes halogenated alkanes) is 24. The molecule has 0 radical (unpaired) electrons. The number of ether oxygens (including phenoxy) is 6. The second-order valence-corrected chi connectivity index (χ2v) is 21.4. The number of hydrogen-bond acceptors (Lipinski definition) is 18. The fourth-order valence-corrected chi connectivity index (χ4v) is 10.0. The van der Waals surface area contributed by atoms with Gasteiger partial charge in [0.25, 0.3) is 0 Å². The van der Waals surface area contributed by atoms with Crippen LogP contribution in [0.5, 0.6) is 0 Å². The van der Waals surface area contributed by atoms with E-state index in [-0.39, 0.29) is 18.9 Å². The lowest BCUT2D eigenvalue weighted by Gasteiger charge is -2.48. The Morgan fingerprint density at radius 1 is 0.455 bits per heavy atom. The average molecular weight is 1100 g/mol. The average Bonchev–Trinajstić information content (AvgIpc) is 3.44. The number of allylic oxidation sites excluding steroid dienone is 5. The smallest absolute Gasteiger partial charge is 0.220 e. The van der Waals surface area contributed by atoms with E-state index in [2.05, 4.69) is 36.5 Å². The van der Waals surface area contributed by atoms with Crippen molar-refractivity contribution in [2.45, 2.75) is 298 Å². The minimum Gasteiger partial charge on any atom is -0.394 e. The van der Waals surface area contributed by atoms with Gasteiger partial charge in [0.1, 0.15) is 73.2 Å². The normalized spacial score (nSPS) is 30.9. The van der Waals surface area contributed by atoms with Crippen LogP contribution in [0.2, 0.25) is 0 Å². The molecule has 19 heteroatoms. The molecule has 12 N–H and O–H groups in total. The molecule has 0 bridgehead atoms. The van der Waals surface area contributed by atoms with Crippen LogP contribution in [0.15, 0.2) is 36.5 Å². The molecular weight excluding hydrogens is 999 g/mol. The molecule has 0 aromatic heterocycles. The van der Waals surface area contributed by atoms with Crippen LogP contribution in [0.4, 0.5) is 0 Å². The minimum absolute atomic E-state index is 0.112. The largest absolute Gasteiger partial charge is 0.394 e. The van der Waals surface area contributed by atoms with Gasteiger partial charge in [-0.2, -0.15) is 0 Å². The zero-order chi connectivity index (χ0) is 56.2. The van der Waals surface area contributed by atoms with E-state index in [0.717, 1.165) is 25.7 Å². The fourth-order valence-electron chi connectivity index (χ4n) is 10.0. The van der Waals surface area contributed by atoms with Gasteiger partial charge >= 0.3 is 0 Å². The molecule has 0 saturated carbocycles. The van der Waals surface area contributed by atoms with Gasteiger partial charge in [0.2, 0.25) is 5.91 Å². The van der Waals surface area contributed by atoms with Crippen molar-refractivity contribution in [2.24, 2.45) is 0 Å². The Bertz CT molecular complexity index is 1550. The summed E-state index contributed by atoms with van der Waals surface area (Å²) >= 11 is 0. The van der Waals surface area contributed by atoms with E-state index in [1.165, 1.54) is 141 Å². The van der Waals surface area contributed by atoms with E-state index in [1.807, 2.05) is 0 Å². The summed E-state index contributed by atoms with van der Waals surface area (Å²) in [5.41, 5.74) is 0. The Morgan fingerprint density at radius 3 is 1.25 bits per heavy atom. The predicted octanol–water partition coefficient (Wildman–Crippen LogP) is 4.93. The zero-order valence-electron chi connectivity index (χ0n) is 46.7. The number of aliphatic hydroxyl groups excluding tert-OH is 11. The molecule has 17 unspecified atom stereocenters. The zero-order valence-corrected chi connectivity index (χ0v) is 46.7. The number of hydrogen-bond donors (Lipinski definition) is 12. The predicted molar refractivity (Wildman–Crippen MR) is 291 cm³/mol. The summed E-state index contributed by atoms with van der Waals surface area (Å²) in [7, 11) is 0. The van der Waals surface area contributed by atoms with Gasteiger partial charge in [-0.15, -0.1) is 0 Å². The van der Waals surface area contributed by atoms with Crippen molar-refractivity contribution in [3.63, 3.8) is 0 Å². The number of rotatable bonds is 43. The molecule has 3 fully saturated rings. The van der Waals surface area contributed by atoms with Gasteiger partial charge in [0.15, 0.2) is 18.9 Å². The van der Waals surface area contributed by atoms with Crippen molar-refractivity contribution in [1.82, 2.24) is 5.32 Å². The Hall–Kier alpha value is -1.99. The van der Waals surface area contributed by atoms with Crippen LogP contribution in [0.25, 0.3) is 0 Å². The maximum atomic E-state index is 12.4. The summed E-state index contributed by atoms with van der Waals surface area (Å²) < 4.78 is 33.8. The van der Waals surface area contributed by atoms with Gasteiger partial charge in [0, 0.05) is 6.42 Å². The lowest BCUT2D eigenvalue weighted by atomic mass is 9.96. The molecule has 3 aliphatic heterocycles. The molecule has 3 heterocycles. The van der Waals surface area contributed by atoms with E-state index in [9.17, 15) is 61.0 Å². The Labute approximate surface area is 460 Å². The van der Waals surface area contributed by atoms with Crippen LogP contribution in [0.1, 0.15) is 194 Å². The van der Waals surface area contributed by atoms with Gasteiger partial charge < -0.3 is 89.9 Å². The summed E-state index contributed by atoms with van der Waals surface area (Å²) in [6.45, 7) is 1.11. The van der Waals surface area contributed by atoms with Crippen LogP contribution < -0.4 is 5.32 Å². The maximum absolute atomic E-state index is 12.4.